The molecular weight excluding hydrogens is 234 g/mol. The monoisotopic (exact) mass is 247 g/mol. The van der Waals surface area contributed by atoms with Crippen LogP contribution in [0.15, 0.2) is 29.1 Å². The van der Waals surface area contributed by atoms with Crippen LogP contribution in [0.3, 0.4) is 0 Å². The van der Waals surface area contributed by atoms with E-state index in [0.29, 0.717) is 23.5 Å². The van der Waals surface area contributed by atoms with Crippen molar-refractivity contribution in [3.63, 3.8) is 0 Å². The number of aromatic nitrogens is 1. The summed E-state index contributed by atoms with van der Waals surface area (Å²) in [6.45, 7) is 2.31. The van der Waals surface area contributed by atoms with E-state index in [9.17, 15) is 4.79 Å². The average molecular weight is 247 g/mol. The molecule has 0 aromatic carbocycles. The number of nitrogens with one attached hydrogen (secondary N) is 1. The van der Waals surface area contributed by atoms with E-state index in [2.05, 4.69) is 10.3 Å². The second-order valence-corrected chi connectivity index (χ2v) is 4.50. The Balaban J connectivity index is 2.07. The summed E-state index contributed by atoms with van der Waals surface area (Å²) in [6.07, 6.45) is 1.55. The molecule has 3 N–H and O–H groups in total. The molecule has 0 atom stereocenters. The molecule has 2 aromatic heterocycles. The Kier molecular flexibility index (Phi) is 3.39. The summed E-state index contributed by atoms with van der Waals surface area (Å²) in [5, 5.41) is 6.83. The number of nitrogens with two attached hydrogens (primary N) is 1. The van der Waals surface area contributed by atoms with Crippen LogP contribution in [0, 0.1) is 6.92 Å². The van der Waals surface area contributed by atoms with Crippen LogP contribution in [0.25, 0.3) is 0 Å². The first kappa shape index (κ1) is 11.6. The van der Waals surface area contributed by atoms with E-state index in [1.807, 2.05) is 16.8 Å². The van der Waals surface area contributed by atoms with E-state index in [1.54, 1.807) is 30.5 Å². The first-order chi connectivity index (χ1) is 8.16. The summed E-state index contributed by atoms with van der Waals surface area (Å²) in [6, 6.07) is 3.63. The molecule has 1 amide bonds. The number of aryl methyl sites for hydroxylation is 1. The van der Waals surface area contributed by atoms with Gasteiger partial charge in [-0.3, -0.25) is 9.78 Å². The summed E-state index contributed by atoms with van der Waals surface area (Å²) in [4.78, 5) is 16.0. The Morgan fingerprint density at radius 3 is 3.12 bits per heavy atom. The Bertz CT molecular complexity index is 523. The number of anilines is 1. The van der Waals surface area contributed by atoms with Crippen molar-refractivity contribution in [3.05, 3.63) is 45.9 Å². The maximum Gasteiger partial charge on any atom is 0.253 e. The van der Waals surface area contributed by atoms with Gasteiger partial charge in [0.15, 0.2) is 0 Å². The lowest BCUT2D eigenvalue weighted by Gasteiger charge is -2.06. The van der Waals surface area contributed by atoms with Crippen molar-refractivity contribution < 1.29 is 4.79 Å². The third-order valence-corrected chi connectivity index (χ3v) is 3.12. The summed E-state index contributed by atoms with van der Waals surface area (Å²) < 4.78 is 0. The molecule has 2 heterocycles. The predicted octanol–water partition coefficient (Wildman–Crippen LogP) is 1.96. The van der Waals surface area contributed by atoms with Gasteiger partial charge in [0, 0.05) is 6.54 Å². The van der Waals surface area contributed by atoms with E-state index >= 15 is 0 Å². The van der Waals surface area contributed by atoms with Gasteiger partial charge in [-0.2, -0.15) is 11.3 Å². The molecular formula is C12H13N3OS. The number of nitrogens with zero attached hydrogens (tertiary/aromatic N) is 1. The van der Waals surface area contributed by atoms with Gasteiger partial charge >= 0.3 is 0 Å². The Morgan fingerprint density at radius 1 is 1.59 bits per heavy atom. The van der Waals surface area contributed by atoms with Crippen molar-refractivity contribution in [3.8, 4) is 0 Å². The molecule has 17 heavy (non-hydrogen) atoms. The summed E-state index contributed by atoms with van der Waals surface area (Å²) in [5.41, 5.74) is 8.42. The zero-order valence-electron chi connectivity index (χ0n) is 9.43. The lowest BCUT2D eigenvalue weighted by atomic mass is 10.2. The standard InChI is InChI=1S/C12H13N3OS/c1-8-11(4-10(13)6-14-8)12(16)15-5-9-2-3-17-7-9/h2-4,6-7H,5,13H2,1H3,(H,15,16). The molecule has 2 aromatic rings. The van der Waals surface area contributed by atoms with Gasteiger partial charge in [0.25, 0.3) is 5.91 Å². The molecule has 0 spiro atoms. The molecule has 4 nitrogen and oxygen atoms in total. The highest BCUT2D eigenvalue weighted by molar-refractivity contribution is 7.07. The van der Waals surface area contributed by atoms with Crippen molar-refractivity contribution >= 4 is 22.9 Å². The number of hydrogen-bond acceptors (Lipinski definition) is 4. The molecule has 0 saturated carbocycles. The minimum atomic E-state index is -0.145. The van der Waals surface area contributed by atoms with Gasteiger partial charge in [-0.05, 0) is 35.4 Å². The number of rotatable bonds is 3. The van der Waals surface area contributed by atoms with Gasteiger partial charge in [0.2, 0.25) is 0 Å². The van der Waals surface area contributed by atoms with Gasteiger partial charge in [0.05, 0.1) is 23.1 Å². The minimum absolute atomic E-state index is 0.145. The van der Waals surface area contributed by atoms with Crippen molar-refractivity contribution in [2.75, 3.05) is 5.73 Å². The number of pyridine rings is 1. The molecule has 0 aliphatic heterocycles. The first-order valence-corrected chi connectivity index (χ1v) is 6.12. The third-order valence-electron chi connectivity index (χ3n) is 2.39. The van der Waals surface area contributed by atoms with Crippen LogP contribution in [-0.2, 0) is 6.54 Å². The van der Waals surface area contributed by atoms with Crippen LogP contribution in [0.1, 0.15) is 21.6 Å². The molecule has 0 radical (unpaired) electrons. The van der Waals surface area contributed by atoms with Crippen molar-refractivity contribution in [2.45, 2.75) is 13.5 Å². The SMILES string of the molecule is Cc1ncc(N)cc1C(=O)NCc1ccsc1. The van der Waals surface area contributed by atoms with Crippen LogP contribution in [-0.4, -0.2) is 10.9 Å². The topological polar surface area (TPSA) is 68.0 Å². The lowest BCUT2D eigenvalue weighted by molar-refractivity contribution is 0.0950. The molecule has 0 unspecified atom stereocenters. The molecule has 5 heteroatoms. The smallest absolute Gasteiger partial charge is 0.253 e. The normalized spacial score (nSPS) is 10.2. The number of amides is 1. The summed E-state index contributed by atoms with van der Waals surface area (Å²) in [7, 11) is 0. The van der Waals surface area contributed by atoms with Crippen LogP contribution in [0.4, 0.5) is 5.69 Å². The van der Waals surface area contributed by atoms with Crippen molar-refractivity contribution in [2.24, 2.45) is 0 Å². The zero-order valence-corrected chi connectivity index (χ0v) is 10.3. The van der Waals surface area contributed by atoms with Crippen LogP contribution in [0.5, 0.6) is 0 Å². The second-order valence-electron chi connectivity index (χ2n) is 3.72. The van der Waals surface area contributed by atoms with E-state index in [1.165, 1.54) is 0 Å². The van der Waals surface area contributed by atoms with Gasteiger partial charge in [-0.15, -0.1) is 0 Å². The highest BCUT2D eigenvalue weighted by Gasteiger charge is 2.10. The fourth-order valence-corrected chi connectivity index (χ4v) is 2.12. The molecule has 2 rings (SSSR count). The fraction of sp³-hybridized carbons (Fsp3) is 0.167. The van der Waals surface area contributed by atoms with Crippen molar-refractivity contribution in [1.29, 1.82) is 0 Å². The van der Waals surface area contributed by atoms with Gasteiger partial charge < -0.3 is 11.1 Å². The molecule has 0 saturated heterocycles. The van der Waals surface area contributed by atoms with Gasteiger partial charge in [-0.25, -0.2) is 0 Å². The van der Waals surface area contributed by atoms with E-state index in [-0.39, 0.29) is 5.91 Å². The quantitative estimate of drug-likeness (QED) is 0.871. The summed E-state index contributed by atoms with van der Waals surface area (Å²) in [5.74, 6) is -0.145. The zero-order chi connectivity index (χ0) is 12.3. The van der Waals surface area contributed by atoms with E-state index in [4.69, 9.17) is 5.73 Å². The highest BCUT2D eigenvalue weighted by atomic mass is 32.1. The maximum absolute atomic E-state index is 11.9. The predicted molar refractivity (Wildman–Crippen MR) is 68.9 cm³/mol. The Hall–Kier alpha value is -1.88. The van der Waals surface area contributed by atoms with Crippen LogP contribution in [0.2, 0.25) is 0 Å². The van der Waals surface area contributed by atoms with E-state index < -0.39 is 0 Å². The van der Waals surface area contributed by atoms with E-state index in [0.717, 1.165) is 5.56 Å². The molecule has 88 valence electrons. The van der Waals surface area contributed by atoms with Gasteiger partial charge in [-0.1, -0.05) is 0 Å². The molecule has 0 bridgehead atoms. The first-order valence-electron chi connectivity index (χ1n) is 5.18. The van der Waals surface area contributed by atoms with Crippen LogP contribution < -0.4 is 11.1 Å². The molecule has 0 aliphatic carbocycles. The Labute approximate surface area is 103 Å². The average Bonchev–Trinajstić information content (AvgIpc) is 2.82. The second kappa shape index (κ2) is 4.97. The molecule has 0 fully saturated rings. The number of carbonyl (C=O) groups is 1. The maximum atomic E-state index is 11.9. The number of hydrogen-bond donors (Lipinski definition) is 2. The summed E-state index contributed by atoms with van der Waals surface area (Å²) >= 11 is 1.61. The third kappa shape index (κ3) is 2.82. The van der Waals surface area contributed by atoms with Crippen molar-refractivity contribution in [1.82, 2.24) is 10.3 Å². The number of carbonyl (C=O) groups excluding carboxylic acids is 1. The fourth-order valence-electron chi connectivity index (χ4n) is 1.45. The number of thiophene rings is 1. The lowest BCUT2D eigenvalue weighted by Crippen LogP contribution is -2.23. The van der Waals surface area contributed by atoms with Crippen LogP contribution >= 0.6 is 11.3 Å². The number of nitrogen functional groups attached to an aromatic ring is 1. The largest absolute Gasteiger partial charge is 0.397 e. The minimum Gasteiger partial charge on any atom is -0.397 e. The van der Waals surface area contributed by atoms with Gasteiger partial charge in [0.1, 0.15) is 0 Å². The Morgan fingerprint density at radius 2 is 2.41 bits per heavy atom. The highest BCUT2D eigenvalue weighted by Crippen LogP contribution is 2.10. The molecule has 0 aliphatic rings.